The maximum atomic E-state index is 13.7. The molecule has 0 bridgehead atoms. The number of carbonyl (C=O) groups is 1. The van der Waals surface area contributed by atoms with Crippen molar-refractivity contribution in [3.63, 3.8) is 0 Å². The summed E-state index contributed by atoms with van der Waals surface area (Å²) in [5, 5.41) is -0.148. The number of fused-ring (bicyclic) bond motifs is 1. The molecule has 162 valence electrons. The molecule has 0 atom stereocenters. The van der Waals surface area contributed by atoms with Crippen LogP contribution in [0.1, 0.15) is 12.7 Å². The Morgan fingerprint density at radius 1 is 0.875 bits per heavy atom. The highest BCUT2D eigenvalue weighted by atomic mass is 19.4. The van der Waals surface area contributed by atoms with Crippen LogP contribution in [0.25, 0.3) is 22.1 Å². The molecule has 32 heavy (non-hydrogen) atoms. The van der Waals surface area contributed by atoms with Gasteiger partial charge in [0.25, 0.3) is 5.76 Å². The van der Waals surface area contributed by atoms with Crippen LogP contribution in [0.5, 0.6) is 17.2 Å². The molecule has 0 spiro atoms. The number of benzene rings is 3. The summed E-state index contributed by atoms with van der Waals surface area (Å²) in [7, 11) is 0. The average molecular weight is 440 g/mol. The van der Waals surface area contributed by atoms with E-state index < -0.39 is 29.1 Å². The van der Waals surface area contributed by atoms with Crippen molar-refractivity contribution in [2.75, 3.05) is 0 Å². The first-order valence-electron chi connectivity index (χ1n) is 9.42. The standard InChI is InChI=1S/C24H15F3O5/c1-14(28)30-18-11-12-19-20(13-18)32-23(24(25,26)27)22(21(19)29)31-17-9-7-16(8-10-17)15-5-3-2-4-6-15/h2-13H,1H3. The summed E-state index contributed by atoms with van der Waals surface area (Å²) in [4.78, 5) is 23.9. The number of esters is 1. The van der Waals surface area contributed by atoms with Crippen LogP contribution >= 0.6 is 0 Å². The number of ether oxygens (including phenoxy) is 2. The fraction of sp³-hybridized carbons (Fsp3) is 0.0833. The molecule has 4 rings (SSSR count). The minimum Gasteiger partial charge on any atom is -0.449 e. The molecule has 3 aromatic carbocycles. The first-order valence-corrected chi connectivity index (χ1v) is 9.42. The molecule has 1 heterocycles. The second-order valence-corrected chi connectivity index (χ2v) is 6.83. The molecule has 0 aliphatic rings. The Bertz CT molecular complexity index is 1340. The Morgan fingerprint density at radius 3 is 2.12 bits per heavy atom. The van der Waals surface area contributed by atoms with Gasteiger partial charge in [-0.2, -0.15) is 13.2 Å². The predicted molar refractivity (Wildman–Crippen MR) is 111 cm³/mol. The Hall–Kier alpha value is -4.07. The second kappa shape index (κ2) is 8.22. The quantitative estimate of drug-likeness (QED) is 0.279. The van der Waals surface area contributed by atoms with Crippen LogP contribution in [0.2, 0.25) is 0 Å². The van der Waals surface area contributed by atoms with Gasteiger partial charge < -0.3 is 13.9 Å². The van der Waals surface area contributed by atoms with E-state index in [1.165, 1.54) is 24.3 Å². The summed E-state index contributed by atoms with van der Waals surface area (Å²) in [6.07, 6.45) is -5.00. The van der Waals surface area contributed by atoms with Gasteiger partial charge in [-0.25, -0.2) is 0 Å². The van der Waals surface area contributed by atoms with Gasteiger partial charge >= 0.3 is 12.1 Å². The smallest absolute Gasteiger partial charge is 0.449 e. The van der Waals surface area contributed by atoms with E-state index >= 15 is 0 Å². The molecule has 0 fully saturated rings. The molecule has 0 amide bonds. The lowest BCUT2D eigenvalue weighted by atomic mass is 10.1. The number of rotatable bonds is 4. The highest BCUT2D eigenvalue weighted by Crippen LogP contribution is 2.39. The summed E-state index contributed by atoms with van der Waals surface area (Å²) < 4.78 is 56.2. The van der Waals surface area contributed by atoms with Crippen LogP contribution in [0.15, 0.2) is 82.0 Å². The van der Waals surface area contributed by atoms with Gasteiger partial charge in [-0.05, 0) is 35.4 Å². The van der Waals surface area contributed by atoms with Gasteiger partial charge in [0.1, 0.15) is 17.1 Å². The van der Waals surface area contributed by atoms with E-state index in [0.29, 0.717) is 0 Å². The van der Waals surface area contributed by atoms with Crippen molar-refractivity contribution in [2.45, 2.75) is 13.1 Å². The molecule has 0 N–H and O–H groups in total. The van der Waals surface area contributed by atoms with Crippen molar-refractivity contribution in [3.8, 4) is 28.4 Å². The molecule has 1 aromatic heterocycles. The van der Waals surface area contributed by atoms with Crippen LogP contribution in [0.4, 0.5) is 13.2 Å². The van der Waals surface area contributed by atoms with E-state index in [4.69, 9.17) is 13.9 Å². The van der Waals surface area contributed by atoms with Crippen molar-refractivity contribution >= 4 is 16.9 Å². The summed E-state index contributed by atoms with van der Waals surface area (Å²) in [5.41, 5.74) is 0.370. The Morgan fingerprint density at radius 2 is 1.50 bits per heavy atom. The van der Waals surface area contributed by atoms with Gasteiger partial charge in [-0.1, -0.05) is 42.5 Å². The molecule has 0 saturated carbocycles. The second-order valence-electron chi connectivity index (χ2n) is 6.83. The topological polar surface area (TPSA) is 65.7 Å². The number of hydrogen-bond donors (Lipinski definition) is 0. The lowest BCUT2D eigenvalue weighted by molar-refractivity contribution is -0.154. The van der Waals surface area contributed by atoms with Gasteiger partial charge in [0.15, 0.2) is 0 Å². The molecule has 0 radical (unpaired) electrons. The van der Waals surface area contributed by atoms with Crippen molar-refractivity contribution in [1.82, 2.24) is 0 Å². The zero-order valence-electron chi connectivity index (χ0n) is 16.6. The Labute approximate surface area is 179 Å². The third-order valence-electron chi connectivity index (χ3n) is 4.52. The molecule has 4 aromatic rings. The summed E-state index contributed by atoms with van der Waals surface area (Å²) in [6, 6.07) is 19.2. The SMILES string of the molecule is CC(=O)Oc1ccc2c(=O)c(Oc3ccc(-c4ccccc4)cc3)c(C(F)(F)F)oc2c1. The van der Waals surface area contributed by atoms with Gasteiger partial charge in [-0.15, -0.1) is 0 Å². The maximum absolute atomic E-state index is 13.7. The van der Waals surface area contributed by atoms with Gasteiger partial charge in [0.05, 0.1) is 5.39 Å². The van der Waals surface area contributed by atoms with Crippen molar-refractivity contribution in [2.24, 2.45) is 0 Å². The van der Waals surface area contributed by atoms with E-state index in [1.807, 2.05) is 30.3 Å². The first-order chi connectivity index (χ1) is 15.2. The number of hydrogen-bond acceptors (Lipinski definition) is 5. The summed E-state index contributed by atoms with van der Waals surface area (Å²) in [6.45, 7) is 1.14. The molecule has 0 aliphatic carbocycles. The predicted octanol–water partition coefficient (Wildman–Crippen LogP) is 6.20. The van der Waals surface area contributed by atoms with Crippen LogP contribution in [-0.4, -0.2) is 5.97 Å². The summed E-state index contributed by atoms with van der Waals surface area (Å²) >= 11 is 0. The largest absolute Gasteiger partial charge is 0.453 e. The zero-order valence-corrected chi connectivity index (χ0v) is 16.6. The molecule has 0 unspecified atom stereocenters. The number of carbonyl (C=O) groups excluding carboxylic acids is 1. The molecule has 8 heteroatoms. The highest BCUT2D eigenvalue weighted by Gasteiger charge is 2.40. The van der Waals surface area contributed by atoms with Gasteiger partial charge in [0.2, 0.25) is 11.2 Å². The molecule has 0 aliphatic heterocycles. The molecular weight excluding hydrogens is 425 g/mol. The summed E-state index contributed by atoms with van der Waals surface area (Å²) in [5.74, 6) is -3.23. The fourth-order valence-corrected chi connectivity index (χ4v) is 3.13. The molecule has 5 nitrogen and oxygen atoms in total. The first kappa shape index (κ1) is 21.2. The number of alkyl halides is 3. The minimum absolute atomic E-state index is 0.0402. The van der Waals surface area contributed by atoms with Crippen LogP contribution in [0, 0.1) is 0 Å². The van der Waals surface area contributed by atoms with E-state index in [0.717, 1.165) is 24.1 Å². The molecular formula is C24H15F3O5. The lowest BCUT2D eigenvalue weighted by Gasteiger charge is -2.14. The Balaban J connectivity index is 1.76. The van der Waals surface area contributed by atoms with Gasteiger partial charge in [0, 0.05) is 13.0 Å². The van der Waals surface area contributed by atoms with Crippen molar-refractivity contribution < 1.29 is 31.9 Å². The monoisotopic (exact) mass is 440 g/mol. The van der Waals surface area contributed by atoms with Crippen molar-refractivity contribution in [3.05, 3.63) is 88.8 Å². The third kappa shape index (κ3) is 4.34. The Kier molecular flexibility index (Phi) is 5.44. The fourth-order valence-electron chi connectivity index (χ4n) is 3.13. The van der Waals surface area contributed by atoms with Crippen LogP contribution in [0.3, 0.4) is 0 Å². The zero-order chi connectivity index (χ0) is 22.9. The van der Waals surface area contributed by atoms with E-state index in [-0.39, 0.29) is 22.5 Å². The van der Waals surface area contributed by atoms with E-state index in [2.05, 4.69) is 0 Å². The highest BCUT2D eigenvalue weighted by molar-refractivity contribution is 5.81. The number of halogens is 3. The van der Waals surface area contributed by atoms with Crippen molar-refractivity contribution in [1.29, 1.82) is 0 Å². The lowest BCUT2D eigenvalue weighted by Crippen LogP contribution is -2.15. The third-order valence-corrected chi connectivity index (χ3v) is 4.52. The van der Waals surface area contributed by atoms with E-state index in [1.54, 1.807) is 12.1 Å². The minimum atomic E-state index is -5.00. The normalized spacial score (nSPS) is 11.4. The van der Waals surface area contributed by atoms with Crippen LogP contribution in [-0.2, 0) is 11.0 Å². The van der Waals surface area contributed by atoms with Gasteiger partial charge in [-0.3, -0.25) is 9.59 Å². The van der Waals surface area contributed by atoms with Crippen LogP contribution < -0.4 is 14.9 Å². The van der Waals surface area contributed by atoms with E-state index in [9.17, 15) is 22.8 Å². The maximum Gasteiger partial charge on any atom is 0.453 e. The molecule has 0 saturated heterocycles. The average Bonchev–Trinajstić information content (AvgIpc) is 2.75.